The molecule has 142 valence electrons. The van der Waals surface area contributed by atoms with Gasteiger partial charge in [-0.25, -0.2) is 4.79 Å². The van der Waals surface area contributed by atoms with Crippen molar-refractivity contribution in [3.8, 4) is 0 Å². The molecule has 2 N–H and O–H groups in total. The lowest BCUT2D eigenvalue weighted by atomic mass is 9.53. The SMILES string of the molecule is O=C(CN1C(=O)NC2(CCCCC2)C1=O)NC12CC3CC(CC(C3)C1)C2. The maximum Gasteiger partial charge on any atom is 0.325 e. The predicted molar refractivity (Wildman–Crippen MR) is 95.1 cm³/mol. The third-order valence-corrected chi connectivity index (χ3v) is 7.70. The summed E-state index contributed by atoms with van der Waals surface area (Å²) in [5, 5.41) is 6.16. The topological polar surface area (TPSA) is 78.5 Å². The van der Waals surface area contributed by atoms with E-state index in [-0.39, 0.29) is 23.9 Å². The first kappa shape index (κ1) is 16.6. The smallest absolute Gasteiger partial charge is 0.325 e. The number of nitrogens with zero attached hydrogens (tertiary/aromatic N) is 1. The van der Waals surface area contributed by atoms with E-state index in [1.165, 1.54) is 19.3 Å². The molecular weight excluding hydrogens is 330 g/mol. The van der Waals surface area contributed by atoms with Crippen LogP contribution in [0.4, 0.5) is 4.79 Å². The van der Waals surface area contributed by atoms with Crippen molar-refractivity contribution in [2.24, 2.45) is 17.8 Å². The monoisotopic (exact) mass is 359 g/mol. The van der Waals surface area contributed by atoms with E-state index in [1.807, 2.05) is 0 Å². The van der Waals surface area contributed by atoms with E-state index in [1.54, 1.807) is 0 Å². The zero-order chi connectivity index (χ0) is 17.9. The van der Waals surface area contributed by atoms with E-state index in [9.17, 15) is 14.4 Å². The van der Waals surface area contributed by atoms with Crippen LogP contribution in [0.25, 0.3) is 0 Å². The lowest BCUT2D eigenvalue weighted by Gasteiger charge is -2.56. The van der Waals surface area contributed by atoms with Gasteiger partial charge in [-0.15, -0.1) is 0 Å². The Hall–Kier alpha value is -1.59. The summed E-state index contributed by atoms with van der Waals surface area (Å²) in [7, 11) is 0. The predicted octanol–water partition coefficient (Wildman–Crippen LogP) is 2.33. The molecule has 6 fully saturated rings. The molecule has 5 aliphatic carbocycles. The summed E-state index contributed by atoms with van der Waals surface area (Å²) in [6.07, 6.45) is 11.6. The molecule has 26 heavy (non-hydrogen) atoms. The average molecular weight is 359 g/mol. The molecule has 1 spiro atoms. The first-order chi connectivity index (χ1) is 12.5. The van der Waals surface area contributed by atoms with Gasteiger partial charge in [0, 0.05) is 5.54 Å². The number of hydrogen-bond acceptors (Lipinski definition) is 3. The third kappa shape index (κ3) is 2.55. The number of hydrogen-bond donors (Lipinski definition) is 2. The third-order valence-electron chi connectivity index (χ3n) is 7.70. The summed E-state index contributed by atoms with van der Waals surface area (Å²) in [5.41, 5.74) is -0.816. The van der Waals surface area contributed by atoms with Gasteiger partial charge in [-0.1, -0.05) is 19.3 Å². The number of amides is 4. The van der Waals surface area contributed by atoms with Gasteiger partial charge in [0.25, 0.3) is 5.91 Å². The Morgan fingerprint density at radius 3 is 2.15 bits per heavy atom. The Bertz CT molecular complexity index is 617. The lowest BCUT2D eigenvalue weighted by molar-refractivity contribution is -0.137. The van der Waals surface area contributed by atoms with Crippen LogP contribution >= 0.6 is 0 Å². The Morgan fingerprint density at radius 1 is 1.00 bits per heavy atom. The molecule has 0 atom stereocenters. The van der Waals surface area contributed by atoms with Gasteiger partial charge in [-0.3, -0.25) is 14.5 Å². The summed E-state index contributed by atoms with van der Waals surface area (Å²) in [4.78, 5) is 39.1. The van der Waals surface area contributed by atoms with Crippen LogP contribution in [0.5, 0.6) is 0 Å². The normalized spacial score (nSPS) is 40.2. The number of rotatable bonds is 3. The molecule has 4 bridgehead atoms. The largest absolute Gasteiger partial charge is 0.349 e. The number of carbonyl (C=O) groups excluding carboxylic acids is 3. The summed E-state index contributed by atoms with van der Waals surface area (Å²) in [5.74, 6) is 1.91. The first-order valence-electron chi connectivity index (χ1n) is 10.4. The molecule has 6 heteroatoms. The van der Waals surface area contributed by atoms with E-state index in [2.05, 4.69) is 10.6 Å². The Morgan fingerprint density at radius 2 is 1.58 bits per heavy atom. The van der Waals surface area contributed by atoms with Crippen LogP contribution in [0.3, 0.4) is 0 Å². The van der Waals surface area contributed by atoms with Gasteiger partial charge < -0.3 is 10.6 Å². The fraction of sp³-hybridized carbons (Fsp3) is 0.850. The highest BCUT2D eigenvalue weighted by Gasteiger charge is 2.54. The van der Waals surface area contributed by atoms with Crippen molar-refractivity contribution in [1.29, 1.82) is 0 Å². The van der Waals surface area contributed by atoms with Crippen molar-refractivity contribution in [2.45, 2.75) is 81.7 Å². The standard InChI is InChI=1S/C20H29N3O3/c24-16(21-19-9-13-6-14(10-19)8-15(7-13)11-19)12-23-17(25)20(22-18(23)26)4-2-1-3-5-20/h13-15H,1-12H2,(H,21,24)(H,22,26). The van der Waals surface area contributed by atoms with E-state index >= 15 is 0 Å². The van der Waals surface area contributed by atoms with E-state index in [4.69, 9.17) is 0 Å². The van der Waals surface area contributed by atoms with Crippen molar-refractivity contribution in [2.75, 3.05) is 6.54 Å². The molecule has 0 unspecified atom stereocenters. The van der Waals surface area contributed by atoms with Crippen LogP contribution in [0.2, 0.25) is 0 Å². The minimum Gasteiger partial charge on any atom is -0.349 e. The molecule has 6 rings (SSSR count). The van der Waals surface area contributed by atoms with Crippen molar-refractivity contribution < 1.29 is 14.4 Å². The van der Waals surface area contributed by atoms with Crippen molar-refractivity contribution >= 4 is 17.8 Å². The summed E-state index contributed by atoms with van der Waals surface area (Å²) >= 11 is 0. The van der Waals surface area contributed by atoms with Crippen molar-refractivity contribution in [3.05, 3.63) is 0 Å². The van der Waals surface area contributed by atoms with Gasteiger partial charge in [0.2, 0.25) is 5.91 Å². The zero-order valence-corrected chi connectivity index (χ0v) is 15.4. The minimum absolute atomic E-state index is 0.0758. The zero-order valence-electron chi connectivity index (χ0n) is 15.4. The van der Waals surface area contributed by atoms with Gasteiger partial charge in [0.1, 0.15) is 12.1 Å². The Kier molecular flexibility index (Phi) is 3.63. The van der Waals surface area contributed by atoms with Gasteiger partial charge in [0.05, 0.1) is 0 Å². The molecule has 1 aliphatic heterocycles. The second kappa shape index (κ2) is 5.70. The summed E-state index contributed by atoms with van der Waals surface area (Å²) in [6.45, 7) is -0.131. The molecule has 6 aliphatic rings. The highest BCUT2D eigenvalue weighted by molar-refractivity contribution is 6.09. The average Bonchev–Trinajstić information content (AvgIpc) is 2.78. The molecular formula is C20H29N3O3. The lowest BCUT2D eigenvalue weighted by Crippen LogP contribution is -2.61. The molecule has 0 aromatic heterocycles. The van der Waals surface area contributed by atoms with Crippen LogP contribution in [0, 0.1) is 17.8 Å². The molecule has 1 heterocycles. The van der Waals surface area contributed by atoms with Gasteiger partial charge in [0.15, 0.2) is 0 Å². The molecule has 0 aromatic rings. The number of urea groups is 1. The molecule has 0 aromatic carbocycles. The van der Waals surface area contributed by atoms with Gasteiger partial charge in [-0.2, -0.15) is 0 Å². The highest BCUT2D eigenvalue weighted by atomic mass is 16.2. The molecule has 6 nitrogen and oxygen atoms in total. The fourth-order valence-corrected chi connectivity index (χ4v) is 7.06. The molecule has 5 saturated carbocycles. The molecule has 0 radical (unpaired) electrons. The number of imide groups is 1. The summed E-state index contributed by atoms with van der Waals surface area (Å²) < 4.78 is 0. The fourth-order valence-electron chi connectivity index (χ4n) is 7.06. The van der Waals surface area contributed by atoms with Crippen LogP contribution < -0.4 is 10.6 Å². The molecule has 1 saturated heterocycles. The number of carbonyl (C=O) groups is 3. The van der Waals surface area contributed by atoms with E-state index in [0.717, 1.165) is 61.2 Å². The van der Waals surface area contributed by atoms with Crippen molar-refractivity contribution in [3.63, 3.8) is 0 Å². The van der Waals surface area contributed by atoms with Crippen LogP contribution in [0.1, 0.15) is 70.6 Å². The maximum atomic E-state index is 12.9. The minimum atomic E-state index is -0.740. The van der Waals surface area contributed by atoms with Gasteiger partial charge >= 0.3 is 6.03 Å². The number of nitrogens with one attached hydrogen (secondary N) is 2. The highest BCUT2D eigenvalue weighted by Crippen LogP contribution is 2.55. The van der Waals surface area contributed by atoms with Crippen LogP contribution in [-0.4, -0.2) is 40.4 Å². The van der Waals surface area contributed by atoms with Crippen LogP contribution in [-0.2, 0) is 9.59 Å². The van der Waals surface area contributed by atoms with Crippen molar-refractivity contribution in [1.82, 2.24) is 15.5 Å². The maximum absolute atomic E-state index is 12.9. The summed E-state index contributed by atoms with van der Waals surface area (Å²) in [6, 6.07) is -0.391. The van der Waals surface area contributed by atoms with Crippen LogP contribution in [0.15, 0.2) is 0 Å². The van der Waals surface area contributed by atoms with Gasteiger partial charge in [-0.05, 0) is 69.1 Å². The quantitative estimate of drug-likeness (QED) is 0.759. The Balaban J connectivity index is 1.26. The first-order valence-corrected chi connectivity index (χ1v) is 10.4. The van der Waals surface area contributed by atoms with E-state index in [0.29, 0.717) is 12.8 Å². The Labute approximate surface area is 154 Å². The second-order valence-corrected chi connectivity index (χ2v) is 9.71. The molecule has 4 amide bonds. The second-order valence-electron chi connectivity index (χ2n) is 9.71. The van der Waals surface area contributed by atoms with E-state index < -0.39 is 11.6 Å².